The third kappa shape index (κ3) is 4.78. The molecular formula is C16H21BrFNO2. The molecule has 21 heavy (non-hydrogen) atoms. The Hall–Kier alpha value is -0.940. The second-order valence-electron chi connectivity index (χ2n) is 5.95. The van der Waals surface area contributed by atoms with Crippen molar-refractivity contribution in [3.8, 4) is 0 Å². The average Bonchev–Trinajstić information content (AvgIpc) is 2.42. The molecule has 1 saturated heterocycles. The summed E-state index contributed by atoms with van der Waals surface area (Å²) in [6.07, 6.45) is 2.32. The van der Waals surface area contributed by atoms with Gasteiger partial charge in [-0.25, -0.2) is 4.39 Å². The number of rotatable bonds is 5. The molecule has 0 saturated carbocycles. The predicted octanol–water partition coefficient (Wildman–Crippen LogP) is 3.91. The Morgan fingerprint density at radius 1 is 1.57 bits per heavy atom. The molecule has 0 spiro atoms. The van der Waals surface area contributed by atoms with Crippen LogP contribution in [0.2, 0.25) is 0 Å². The van der Waals surface area contributed by atoms with Crippen molar-refractivity contribution in [3.63, 3.8) is 0 Å². The zero-order chi connectivity index (χ0) is 15.4. The summed E-state index contributed by atoms with van der Waals surface area (Å²) in [5.74, 6) is -0.376. The van der Waals surface area contributed by atoms with Crippen molar-refractivity contribution >= 4 is 21.9 Å². The molecule has 1 aromatic rings. The van der Waals surface area contributed by atoms with Crippen LogP contribution in [-0.2, 0) is 11.3 Å². The number of benzene rings is 1. The Kier molecular flexibility index (Phi) is 5.76. The van der Waals surface area contributed by atoms with Crippen LogP contribution < -0.4 is 0 Å². The van der Waals surface area contributed by atoms with E-state index in [1.807, 2.05) is 13.0 Å². The Labute approximate surface area is 133 Å². The number of aliphatic carboxylic acids is 1. The molecule has 1 fully saturated rings. The third-order valence-electron chi connectivity index (χ3n) is 4.25. The highest BCUT2D eigenvalue weighted by molar-refractivity contribution is 9.10. The van der Waals surface area contributed by atoms with Gasteiger partial charge in [0.25, 0.3) is 0 Å². The Balaban J connectivity index is 1.98. The minimum atomic E-state index is -0.738. The van der Waals surface area contributed by atoms with Crippen LogP contribution in [0.4, 0.5) is 4.39 Å². The van der Waals surface area contributed by atoms with E-state index in [2.05, 4.69) is 20.8 Å². The number of halogens is 2. The van der Waals surface area contributed by atoms with Crippen LogP contribution in [0.25, 0.3) is 0 Å². The second kappa shape index (κ2) is 7.36. The summed E-state index contributed by atoms with van der Waals surface area (Å²) in [6, 6.07) is 5.00. The summed E-state index contributed by atoms with van der Waals surface area (Å²) >= 11 is 3.37. The summed E-state index contributed by atoms with van der Waals surface area (Å²) in [5.41, 5.74) is 0.691. The van der Waals surface area contributed by atoms with Crippen molar-refractivity contribution in [2.75, 3.05) is 13.1 Å². The molecule has 0 amide bonds. The molecule has 116 valence electrons. The van der Waals surface area contributed by atoms with Gasteiger partial charge in [0, 0.05) is 29.5 Å². The van der Waals surface area contributed by atoms with Crippen LogP contribution in [0.15, 0.2) is 22.7 Å². The van der Waals surface area contributed by atoms with Crippen molar-refractivity contribution in [3.05, 3.63) is 34.1 Å². The van der Waals surface area contributed by atoms with E-state index in [9.17, 15) is 9.18 Å². The van der Waals surface area contributed by atoms with E-state index in [1.165, 1.54) is 6.07 Å². The number of nitrogens with zero attached hydrogens (tertiary/aromatic N) is 1. The first-order chi connectivity index (χ1) is 9.95. The topological polar surface area (TPSA) is 40.5 Å². The van der Waals surface area contributed by atoms with Crippen molar-refractivity contribution in [1.82, 2.24) is 4.90 Å². The quantitative estimate of drug-likeness (QED) is 0.868. The molecular weight excluding hydrogens is 337 g/mol. The van der Waals surface area contributed by atoms with E-state index in [0.717, 1.165) is 30.4 Å². The molecule has 1 aliphatic rings. The first-order valence-corrected chi connectivity index (χ1v) is 8.13. The van der Waals surface area contributed by atoms with Gasteiger partial charge < -0.3 is 5.11 Å². The Bertz CT molecular complexity index is 509. The van der Waals surface area contributed by atoms with E-state index < -0.39 is 5.97 Å². The maximum atomic E-state index is 13.8. The van der Waals surface area contributed by atoms with Gasteiger partial charge in [-0.3, -0.25) is 9.69 Å². The molecule has 0 radical (unpaired) electrons. The van der Waals surface area contributed by atoms with E-state index >= 15 is 0 Å². The smallest absolute Gasteiger partial charge is 0.303 e. The highest BCUT2D eigenvalue weighted by Crippen LogP contribution is 2.27. The van der Waals surface area contributed by atoms with Crippen LogP contribution in [0.5, 0.6) is 0 Å². The molecule has 1 aromatic carbocycles. The second-order valence-corrected chi connectivity index (χ2v) is 6.86. The van der Waals surface area contributed by atoms with Gasteiger partial charge in [0.15, 0.2) is 0 Å². The molecule has 0 aliphatic carbocycles. The summed E-state index contributed by atoms with van der Waals surface area (Å²) in [5, 5.41) is 8.91. The van der Waals surface area contributed by atoms with Crippen molar-refractivity contribution in [2.45, 2.75) is 32.7 Å². The maximum absolute atomic E-state index is 13.8. The lowest BCUT2D eigenvalue weighted by molar-refractivity contribution is -0.138. The van der Waals surface area contributed by atoms with Gasteiger partial charge in [-0.15, -0.1) is 0 Å². The number of hydrogen-bond donors (Lipinski definition) is 1. The van der Waals surface area contributed by atoms with Gasteiger partial charge >= 0.3 is 5.97 Å². The number of piperidine rings is 1. The minimum Gasteiger partial charge on any atom is -0.481 e. The first-order valence-electron chi connectivity index (χ1n) is 7.33. The van der Waals surface area contributed by atoms with Crippen LogP contribution in [-0.4, -0.2) is 29.1 Å². The number of carboxylic acid groups (broad SMARTS) is 1. The van der Waals surface area contributed by atoms with Gasteiger partial charge in [0.05, 0.1) is 0 Å². The fourth-order valence-corrected chi connectivity index (χ4v) is 3.46. The molecule has 0 bridgehead atoms. The van der Waals surface area contributed by atoms with Gasteiger partial charge in [-0.05, 0) is 49.4 Å². The monoisotopic (exact) mass is 357 g/mol. The molecule has 5 heteroatoms. The van der Waals surface area contributed by atoms with Gasteiger partial charge in [0.2, 0.25) is 0 Å². The highest BCUT2D eigenvalue weighted by Gasteiger charge is 2.26. The summed E-state index contributed by atoms with van der Waals surface area (Å²) in [6.45, 7) is 4.38. The van der Waals surface area contributed by atoms with Crippen molar-refractivity contribution < 1.29 is 14.3 Å². The molecule has 1 N–H and O–H groups in total. The normalized spacial score (nSPS) is 21.2. The zero-order valence-corrected chi connectivity index (χ0v) is 13.8. The average molecular weight is 358 g/mol. The fraction of sp³-hybridized carbons (Fsp3) is 0.562. The van der Waals surface area contributed by atoms with Crippen LogP contribution in [0.1, 0.15) is 31.7 Å². The highest BCUT2D eigenvalue weighted by atomic mass is 79.9. The standard InChI is InChI=1S/C16H21BrFNO2/c1-11(7-16(20)21)12-3-2-6-19(9-12)10-13-8-14(17)4-5-15(13)18/h4-5,8,11-12H,2-3,6-7,9-10H2,1H3,(H,20,21). The van der Waals surface area contributed by atoms with E-state index in [1.54, 1.807) is 6.07 Å². The first kappa shape index (κ1) is 16.4. The van der Waals surface area contributed by atoms with Crippen molar-refractivity contribution in [1.29, 1.82) is 0 Å². The van der Waals surface area contributed by atoms with E-state index in [0.29, 0.717) is 18.0 Å². The molecule has 2 rings (SSSR count). The largest absolute Gasteiger partial charge is 0.481 e. The molecule has 0 aromatic heterocycles. The summed E-state index contributed by atoms with van der Waals surface area (Å²) < 4.78 is 14.7. The van der Waals surface area contributed by atoms with Gasteiger partial charge in [-0.2, -0.15) is 0 Å². The Morgan fingerprint density at radius 2 is 2.33 bits per heavy atom. The fourth-order valence-electron chi connectivity index (χ4n) is 3.05. The van der Waals surface area contributed by atoms with Crippen LogP contribution >= 0.6 is 15.9 Å². The number of carboxylic acids is 1. The summed E-state index contributed by atoms with van der Waals surface area (Å²) in [7, 11) is 0. The lowest BCUT2D eigenvalue weighted by Crippen LogP contribution is -2.38. The third-order valence-corrected chi connectivity index (χ3v) is 4.74. The van der Waals surface area contributed by atoms with Crippen LogP contribution in [0.3, 0.4) is 0 Å². The SMILES string of the molecule is CC(CC(=O)O)C1CCCN(Cc2cc(Br)ccc2F)C1. The number of likely N-dealkylation sites (tertiary alicyclic amines) is 1. The zero-order valence-electron chi connectivity index (χ0n) is 12.2. The predicted molar refractivity (Wildman–Crippen MR) is 83.5 cm³/mol. The molecule has 1 aliphatic heterocycles. The van der Waals surface area contributed by atoms with Gasteiger partial charge in [-0.1, -0.05) is 22.9 Å². The van der Waals surface area contributed by atoms with E-state index in [-0.39, 0.29) is 18.2 Å². The van der Waals surface area contributed by atoms with Crippen LogP contribution in [0, 0.1) is 17.7 Å². The van der Waals surface area contributed by atoms with Gasteiger partial charge in [0.1, 0.15) is 5.82 Å². The lowest BCUT2D eigenvalue weighted by atomic mass is 9.84. The number of hydrogen-bond acceptors (Lipinski definition) is 2. The maximum Gasteiger partial charge on any atom is 0.303 e. The molecule has 3 nitrogen and oxygen atoms in total. The lowest BCUT2D eigenvalue weighted by Gasteiger charge is -2.35. The molecule has 2 unspecified atom stereocenters. The van der Waals surface area contributed by atoms with E-state index in [4.69, 9.17) is 5.11 Å². The Morgan fingerprint density at radius 3 is 3.05 bits per heavy atom. The minimum absolute atomic E-state index is 0.164. The molecule has 2 atom stereocenters. The number of carbonyl (C=O) groups is 1. The van der Waals surface area contributed by atoms with Crippen molar-refractivity contribution in [2.24, 2.45) is 11.8 Å². The molecule has 1 heterocycles. The summed E-state index contributed by atoms with van der Waals surface area (Å²) in [4.78, 5) is 13.1.